The molecule has 102 valence electrons. The van der Waals surface area contributed by atoms with Crippen LogP contribution in [-0.4, -0.2) is 18.2 Å². The van der Waals surface area contributed by atoms with Crippen LogP contribution < -0.4 is 0 Å². The van der Waals surface area contributed by atoms with Crippen LogP contribution in [0.2, 0.25) is 0 Å². The fraction of sp³-hybridized carbons (Fsp3) is 0.100. The van der Waals surface area contributed by atoms with Crippen molar-refractivity contribution in [2.75, 3.05) is 0 Å². The number of hydrogen-bond donors (Lipinski definition) is 0. The standard InChI is InChI=1S/C10H6F4N2O2S/c11-10(12,13)7-2-1-3-8(4-7)16-6-9(5-15-16)19(14,17)18/h1-6H. The first-order chi connectivity index (χ1) is 8.68. The predicted molar refractivity (Wildman–Crippen MR) is 56.9 cm³/mol. The fourth-order valence-corrected chi connectivity index (χ4v) is 1.80. The van der Waals surface area contributed by atoms with Crippen LogP contribution in [0, 0.1) is 0 Å². The summed E-state index contributed by atoms with van der Waals surface area (Å²) >= 11 is 0. The maximum absolute atomic E-state index is 12.7. The Bertz CT molecular complexity index is 706. The van der Waals surface area contributed by atoms with Crippen LogP contribution in [0.1, 0.15) is 5.56 Å². The lowest BCUT2D eigenvalue weighted by Gasteiger charge is -2.08. The molecule has 0 amide bonds. The second-order valence-electron chi connectivity index (χ2n) is 3.61. The van der Waals surface area contributed by atoms with E-state index < -0.39 is 26.9 Å². The van der Waals surface area contributed by atoms with Gasteiger partial charge in [0.15, 0.2) is 0 Å². The summed E-state index contributed by atoms with van der Waals surface area (Å²) in [6.45, 7) is 0. The van der Waals surface area contributed by atoms with Gasteiger partial charge >= 0.3 is 16.4 Å². The maximum atomic E-state index is 12.7. The lowest BCUT2D eigenvalue weighted by Crippen LogP contribution is -2.06. The third kappa shape index (κ3) is 2.92. The van der Waals surface area contributed by atoms with Crippen LogP contribution in [0.3, 0.4) is 0 Å². The summed E-state index contributed by atoms with van der Waals surface area (Å²) in [5.41, 5.74) is -0.935. The molecular weight excluding hydrogens is 288 g/mol. The van der Waals surface area contributed by atoms with E-state index in [1.807, 2.05) is 0 Å². The van der Waals surface area contributed by atoms with Gasteiger partial charge in [-0.05, 0) is 18.2 Å². The van der Waals surface area contributed by atoms with Crippen molar-refractivity contribution in [3.8, 4) is 5.69 Å². The van der Waals surface area contributed by atoms with Gasteiger partial charge < -0.3 is 0 Å². The van der Waals surface area contributed by atoms with Crippen LogP contribution in [0.25, 0.3) is 5.69 Å². The zero-order valence-electron chi connectivity index (χ0n) is 9.10. The first kappa shape index (κ1) is 13.5. The van der Waals surface area contributed by atoms with Crippen molar-refractivity contribution in [2.24, 2.45) is 0 Å². The number of benzene rings is 1. The Morgan fingerprint density at radius 1 is 1.21 bits per heavy atom. The maximum Gasteiger partial charge on any atom is 0.416 e. The van der Waals surface area contributed by atoms with Gasteiger partial charge in [-0.15, -0.1) is 3.89 Å². The fourth-order valence-electron chi connectivity index (χ4n) is 1.40. The first-order valence-electron chi connectivity index (χ1n) is 4.85. The van der Waals surface area contributed by atoms with Gasteiger partial charge in [0.2, 0.25) is 0 Å². The molecule has 0 saturated carbocycles. The summed E-state index contributed by atoms with van der Waals surface area (Å²) in [7, 11) is -4.93. The normalized spacial score (nSPS) is 12.6. The number of alkyl halides is 3. The van der Waals surface area contributed by atoms with Crippen molar-refractivity contribution >= 4 is 10.2 Å². The van der Waals surface area contributed by atoms with E-state index in [-0.39, 0.29) is 5.69 Å². The third-order valence-electron chi connectivity index (χ3n) is 2.28. The molecule has 0 radical (unpaired) electrons. The molecule has 0 spiro atoms. The molecule has 9 heteroatoms. The molecule has 2 rings (SSSR count). The van der Waals surface area contributed by atoms with E-state index in [1.54, 1.807) is 0 Å². The number of halogens is 4. The Morgan fingerprint density at radius 2 is 1.89 bits per heavy atom. The van der Waals surface area contributed by atoms with Gasteiger partial charge in [-0.1, -0.05) is 6.07 Å². The summed E-state index contributed by atoms with van der Waals surface area (Å²) < 4.78 is 72.2. The van der Waals surface area contributed by atoms with Gasteiger partial charge in [0.05, 0.1) is 23.6 Å². The summed E-state index contributed by atoms with van der Waals surface area (Å²) in [5, 5.41) is 3.51. The molecule has 0 unspecified atom stereocenters. The highest BCUT2D eigenvalue weighted by atomic mass is 32.3. The molecule has 0 bridgehead atoms. The Morgan fingerprint density at radius 3 is 2.42 bits per heavy atom. The zero-order valence-corrected chi connectivity index (χ0v) is 9.91. The van der Waals surface area contributed by atoms with E-state index in [2.05, 4.69) is 5.10 Å². The molecule has 0 aliphatic rings. The minimum absolute atomic E-state index is 0.0234. The monoisotopic (exact) mass is 294 g/mol. The molecule has 0 N–H and O–H groups in total. The van der Waals surface area contributed by atoms with Gasteiger partial charge in [-0.3, -0.25) is 0 Å². The minimum atomic E-state index is -4.93. The summed E-state index contributed by atoms with van der Waals surface area (Å²) in [4.78, 5) is -0.718. The van der Waals surface area contributed by atoms with Crippen LogP contribution in [0.15, 0.2) is 41.6 Å². The van der Waals surface area contributed by atoms with Gasteiger partial charge in [-0.2, -0.15) is 26.7 Å². The summed E-state index contributed by atoms with van der Waals surface area (Å²) in [6.07, 6.45) is -3.02. The van der Waals surface area contributed by atoms with E-state index >= 15 is 0 Å². The number of aromatic nitrogens is 2. The van der Waals surface area contributed by atoms with Crippen LogP contribution in [-0.2, 0) is 16.4 Å². The van der Waals surface area contributed by atoms with Gasteiger partial charge in [0.1, 0.15) is 4.90 Å². The lowest BCUT2D eigenvalue weighted by atomic mass is 10.2. The first-order valence-corrected chi connectivity index (χ1v) is 6.23. The molecule has 2 aromatic rings. The molecule has 0 atom stereocenters. The van der Waals surface area contributed by atoms with Crippen LogP contribution in [0.5, 0.6) is 0 Å². The summed E-state index contributed by atoms with van der Waals surface area (Å²) in [6, 6.07) is 4.07. The molecule has 0 aliphatic carbocycles. The number of hydrogen-bond acceptors (Lipinski definition) is 3. The molecule has 0 fully saturated rings. The second kappa shape index (κ2) is 4.34. The molecule has 1 heterocycles. The van der Waals surface area contributed by atoms with Crippen molar-refractivity contribution in [3.63, 3.8) is 0 Å². The van der Waals surface area contributed by atoms with Crippen molar-refractivity contribution < 1.29 is 25.5 Å². The highest BCUT2D eigenvalue weighted by Crippen LogP contribution is 2.30. The lowest BCUT2D eigenvalue weighted by molar-refractivity contribution is -0.137. The van der Waals surface area contributed by atoms with E-state index in [9.17, 15) is 25.5 Å². The van der Waals surface area contributed by atoms with E-state index in [1.165, 1.54) is 6.07 Å². The molecule has 0 saturated heterocycles. The number of nitrogens with zero attached hydrogens (tertiary/aromatic N) is 2. The Kier molecular flexibility index (Phi) is 3.09. The molecular formula is C10H6F4N2O2S. The molecule has 1 aromatic heterocycles. The smallest absolute Gasteiger partial charge is 0.240 e. The largest absolute Gasteiger partial charge is 0.416 e. The molecule has 4 nitrogen and oxygen atoms in total. The van der Waals surface area contributed by atoms with Gasteiger partial charge in [0.25, 0.3) is 0 Å². The zero-order chi connectivity index (χ0) is 14.3. The quantitative estimate of drug-likeness (QED) is 0.632. The summed E-state index contributed by atoms with van der Waals surface area (Å²) in [5.74, 6) is 0. The topological polar surface area (TPSA) is 52.0 Å². The molecule has 1 aromatic carbocycles. The second-order valence-corrected chi connectivity index (χ2v) is 4.95. The van der Waals surface area contributed by atoms with Crippen LogP contribution in [0.4, 0.5) is 17.1 Å². The van der Waals surface area contributed by atoms with Crippen molar-refractivity contribution in [1.82, 2.24) is 9.78 Å². The average molecular weight is 294 g/mol. The van der Waals surface area contributed by atoms with Gasteiger partial charge in [-0.25, -0.2) is 4.68 Å². The third-order valence-corrected chi connectivity index (χ3v) is 3.05. The van der Waals surface area contributed by atoms with E-state index in [0.717, 1.165) is 35.3 Å². The van der Waals surface area contributed by atoms with E-state index in [0.29, 0.717) is 0 Å². The predicted octanol–water partition coefficient (Wildman–Crippen LogP) is 2.55. The van der Waals surface area contributed by atoms with Crippen molar-refractivity contribution in [1.29, 1.82) is 0 Å². The average Bonchev–Trinajstić information content (AvgIpc) is 2.77. The molecule has 19 heavy (non-hydrogen) atoms. The van der Waals surface area contributed by atoms with E-state index in [4.69, 9.17) is 0 Å². The SMILES string of the molecule is O=S(=O)(F)c1cnn(-c2cccc(C(F)(F)F)c2)c1. The van der Waals surface area contributed by atoms with Crippen LogP contribution >= 0.6 is 0 Å². The van der Waals surface area contributed by atoms with Crippen molar-refractivity contribution in [2.45, 2.75) is 11.1 Å². The Labute approximate surface area is 105 Å². The highest BCUT2D eigenvalue weighted by Gasteiger charge is 2.30. The highest BCUT2D eigenvalue weighted by molar-refractivity contribution is 7.86. The number of rotatable bonds is 2. The minimum Gasteiger partial charge on any atom is -0.240 e. The Balaban J connectivity index is 2.46. The van der Waals surface area contributed by atoms with Gasteiger partial charge in [0, 0.05) is 0 Å². The Hall–Kier alpha value is -1.90. The molecule has 0 aliphatic heterocycles. The van der Waals surface area contributed by atoms with Crippen molar-refractivity contribution in [3.05, 3.63) is 42.2 Å².